The van der Waals surface area contributed by atoms with Crippen molar-refractivity contribution in [2.45, 2.75) is 414 Å². The number of carbonyl (C=O) groups excluding carboxylic acids is 4. The van der Waals surface area contributed by atoms with Gasteiger partial charge in [-0.3, -0.25) is 37.3 Å². The fourth-order valence-electron chi connectivity index (χ4n) is 11.8. The van der Waals surface area contributed by atoms with Crippen LogP contribution in [0.1, 0.15) is 396 Å². The maximum atomic E-state index is 13.1. The zero-order chi connectivity index (χ0) is 71.7. The number of ether oxygens (including phenoxy) is 4. The molecule has 0 saturated carbocycles. The van der Waals surface area contributed by atoms with Crippen LogP contribution in [0.5, 0.6) is 0 Å². The molecule has 3 N–H and O–H groups in total. The molecule has 0 aliphatic heterocycles. The summed E-state index contributed by atoms with van der Waals surface area (Å²) in [6.45, 7) is 14.2. The van der Waals surface area contributed by atoms with Gasteiger partial charge in [-0.2, -0.15) is 0 Å². The number of carbonyl (C=O) groups is 4. The van der Waals surface area contributed by atoms with Crippen LogP contribution in [0.3, 0.4) is 0 Å². The van der Waals surface area contributed by atoms with Crippen LogP contribution in [0.15, 0.2) is 0 Å². The maximum Gasteiger partial charge on any atom is 0.472 e. The van der Waals surface area contributed by atoms with Crippen LogP contribution in [0.25, 0.3) is 0 Å². The lowest BCUT2D eigenvalue weighted by molar-refractivity contribution is -0.161. The standard InChI is InChI=1S/C78H152O17P2/c1-9-70(7)56-48-40-32-26-22-23-29-35-45-53-61-78(83)95-74(65-89-76(81)59-51-43-37-36-41-49-57-71(8)10-2)67-93-97(86,87)91-63-72(79)62-90-96(84,85)92-66-73(64-88-75(80)58-50-42-33-27-20-17-13-15-19-25-31-39-47-55-69(5)6)94-77(82)60-52-44-34-28-21-16-12-11-14-18-24-30-38-46-54-68(3)4/h68-74,79H,9-67H2,1-8H3,(H,84,85)(H,86,87)/t70?,71?,72-,73-,74-/m1/s1. The van der Waals surface area contributed by atoms with Crippen LogP contribution in [0, 0.1) is 23.7 Å². The Labute approximate surface area is 594 Å². The van der Waals surface area contributed by atoms with Crippen LogP contribution in [0.2, 0.25) is 0 Å². The van der Waals surface area contributed by atoms with E-state index in [1.807, 2.05) is 0 Å². The Hall–Kier alpha value is -1.94. The summed E-state index contributed by atoms with van der Waals surface area (Å²) in [6.07, 6.45) is 52.6. The molecule has 576 valence electrons. The van der Waals surface area contributed by atoms with Gasteiger partial charge in [-0.05, 0) is 49.4 Å². The molecule has 97 heavy (non-hydrogen) atoms. The van der Waals surface area contributed by atoms with Gasteiger partial charge in [0.2, 0.25) is 0 Å². The van der Waals surface area contributed by atoms with Crippen LogP contribution < -0.4 is 0 Å². The van der Waals surface area contributed by atoms with Crippen molar-refractivity contribution >= 4 is 39.5 Å². The lowest BCUT2D eigenvalue weighted by Crippen LogP contribution is -2.30. The molecule has 0 aromatic rings. The predicted molar refractivity (Wildman–Crippen MR) is 395 cm³/mol. The Balaban J connectivity index is 5.26. The van der Waals surface area contributed by atoms with Crippen molar-refractivity contribution in [1.82, 2.24) is 0 Å². The number of phosphoric acid groups is 2. The number of rotatable bonds is 75. The Bertz CT molecular complexity index is 1910. The average Bonchev–Trinajstić information content (AvgIpc) is 1.27. The molecular formula is C78H152O17P2. The van der Waals surface area contributed by atoms with Crippen molar-refractivity contribution in [1.29, 1.82) is 0 Å². The largest absolute Gasteiger partial charge is 0.472 e. The molecule has 0 amide bonds. The van der Waals surface area contributed by atoms with Gasteiger partial charge < -0.3 is 33.8 Å². The SMILES string of the molecule is CCC(C)CCCCCCCCCCCCC(=O)O[C@H](COC(=O)CCCCCCCCC(C)CC)COP(=O)(O)OC[C@H](O)COP(=O)(O)OC[C@@H](COC(=O)CCCCCCCCCCCCCCCC(C)C)OC(=O)CCCCCCCCCCCCCCCCC(C)C. The maximum absolute atomic E-state index is 13.1. The molecule has 17 nitrogen and oxygen atoms in total. The molecule has 7 atom stereocenters. The fourth-order valence-corrected chi connectivity index (χ4v) is 13.4. The van der Waals surface area contributed by atoms with Gasteiger partial charge in [0.1, 0.15) is 19.3 Å². The van der Waals surface area contributed by atoms with Gasteiger partial charge in [0.25, 0.3) is 0 Å². The van der Waals surface area contributed by atoms with Gasteiger partial charge in [0, 0.05) is 25.7 Å². The molecule has 4 unspecified atom stereocenters. The van der Waals surface area contributed by atoms with Crippen molar-refractivity contribution in [2.75, 3.05) is 39.6 Å². The van der Waals surface area contributed by atoms with Crippen LogP contribution >= 0.6 is 15.6 Å². The van der Waals surface area contributed by atoms with Crippen LogP contribution in [0.4, 0.5) is 0 Å². The first-order chi connectivity index (χ1) is 46.7. The molecule has 0 aliphatic rings. The highest BCUT2D eigenvalue weighted by molar-refractivity contribution is 7.47. The van der Waals surface area contributed by atoms with E-state index < -0.39 is 97.5 Å². The molecular weight excluding hydrogens is 1270 g/mol. The molecule has 0 heterocycles. The highest BCUT2D eigenvalue weighted by Gasteiger charge is 2.30. The number of phosphoric ester groups is 2. The predicted octanol–water partition coefficient (Wildman–Crippen LogP) is 22.8. The minimum atomic E-state index is -4.96. The van der Waals surface area contributed by atoms with Crippen molar-refractivity contribution in [2.24, 2.45) is 23.7 Å². The first-order valence-electron chi connectivity index (χ1n) is 40.3. The van der Waals surface area contributed by atoms with Crippen molar-refractivity contribution in [3.63, 3.8) is 0 Å². The highest BCUT2D eigenvalue weighted by atomic mass is 31.2. The van der Waals surface area contributed by atoms with Crippen molar-refractivity contribution < 1.29 is 80.2 Å². The normalized spacial score (nSPS) is 14.6. The van der Waals surface area contributed by atoms with Gasteiger partial charge in [-0.1, -0.05) is 344 Å². The number of esters is 4. The van der Waals surface area contributed by atoms with Crippen molar-refractivity contribution in [3.05, 3.63) is 0 Å². The molecule has 19 heteroatoms. The monoisotopic (exact) mass is 1420 g/mol. The summed E-state index contributed by atoms with van der Waals surface area (Å²) in [7, 11) is -9.92. The average molecular weight is 1420 g/mol. The number of unbranched alkanes of at least 4 members (excludes halogenated alkanes) is 39. The Kier molecular flexibility index (Phi) is 65.9. The second-order valence-corrected chi connectivity index (χ2v) is 32.4. The van der Waals surface area contributed by atoms with E-state index in [0.717, 1.165) is 120 Å². The second kappa shape index (κ2) is 67.2. The van der Waals surface area contributed by atoms with Gasteiger partial charge >= 0.3 is 39.5 Å². The summed E-state index contributed by atoms with van der Waals surface area (Å²) < 4.78 is 68.6. The number of hydrogen-bond acceptors (Lipinski definition) is 15. The zero-order valence-electron chi connectivity index (χ0n) is 63.7. The number of aliphatic hydroxyl groups excluding tert-OH is 1. The minimum absolute atomic E-state index is 0.105. The Morgan fingerprint density at radius 2 is 0.495 bits per heavy atom. The smallest absolute Gasteiger partial charge is 0.462 e. The number of aliphatic hydroxyl groups is 1. The van der Waals surface area contributed by atoms with E-state index >= 15 is 0 Å². The van der Waals surface area contributed by atoms with E-state index in [1.165, 1.54) is 193 Å². The summed E-state index contributed by atoms with van der Waals surface area (Å²) in [6, 6.07) is 0. The minimum Gasteiger partial charge on any atom is -0.462 e. The lowest BCUT2D eigenvalue weighted by atomic mass is 9.99. The Morgan fingerprint density at radius 3 is 0.732 bits per heavy atom. The third-order valence-electron chi connectivity index (χ3n) is 18.8. The first kappa shape index (κ1) is 95.1. The molecule has 0 aromatic heterocycles. The molecule has 0 radical (unpaired) electrons. The van der Waals surface area contributed by atoms with Gasteiger partial charge in [0.05, 0.1) is 26.4 Å². The topological polar surface area (TPSA) is 237 Å². The van der Waals surface area contributed by atoms with E-state index in [0.29, 0.717) is 25.7 Å². The molecule has 0 fully saturated rings. The first-order valence-corrected chi connectivity index (χ1v) is 43.3. The highest BCUT2D eigenvalue weighted by Crippen LogP contribution is 2.45. The lowest BCUT2D eigenvalue weighted by Gasteiger charge is -2.21. The summed E-state index contributed by atoms with van der Waals surface area (Å²) >= 11 is 0. The summed E-state index contributed by atoms with van der Waals surface area (Å²) in [5, 5.41) is 10.6. The van der Waals surface area contributed by atoms with E-state index in [9.17, 15) is 43.2 Å². The molecule has 0 aromatic carbocycles. The fraction of sp³-hybridized carbons (Fsp3) is 0.949. The van der Waals surface area contributed by atoms with Gasteiger partial charge in [-0.25, -0.2) is 9.13 Å². The zero-order valence-corrected chi connectivity index (χ0v) is 65.5. The third-order valence-corrected chi connectivity index (χ3v) is 20.7. The molecule has 0 aliphatic carbocycles. The molecule has 0 rings (SSSR count). The second-order valence-electron chi connectivity index (χ2n) is 29.5. The van der Waals surface area contributed by atoms with E-state index in [-0.39, 0.29) is 25.7 Å². The molecule has 0 spiro atoms. The summed E-state index contributed by atoms with van der Waals surface area (Å²) in [5.41, 5.74) is 0. The quantitative estimate of drug-likeness (QED) is 0.0222. The van der Waals surface area contributed by atoms with E-state index in [2.05, 4.69) is 55.4 Å². The Morgan fingerprint density at radius 1 is 0.289 bits per heavy atom. The molecule has 0 saturated heterocycles. The van der Waals surface area contributed by atoms with Crippen LogP contribution in [-0.2, 0) is 65.4 Å². The van der Waals surface area contributed by atoms with Gasteiger partial charge in [0.15, 0.2) is 12.2 Å². The van der Waals surface area contributed by atoms with E-state index in [1.54, 1.807) is 0 Å². The number of hydrogen-bond donors (Lipinski definition) is 3. The summed E-state index contributed by atoms with van der Waals surface area (Å²) in [5.74, 6) is 1.00. The van der Waals surface area contributed by atoms with Crippen molar-refractivity contribution in [3.8, 4) is 0 Å². The van der Waals surface area contributed by atoms with Crippen LogP contribution in [-0.4, -0.2) is 96.7 Å². The third kappa shape index (κ3) is 69.5. The molecule has 0 bridgehead atoms. The summed E-state index contributed by atoms with van der Waals surface area (Å²) in [4.78, 5) is 72.9. The van der Waals surface area contributed by atoms with E-state index in [4.69, 9.17) is 37.0 Å². The van der Waals surface area contributed by atoms with Gasteiger partial charge in [-0.15, -0.1) is 0 Å².